The van der Waals surface area contributed by atoms with Crippen LogP contribution >= 0.6 is 0 Å². The highest BCUT2D eigenvalue weighted by Gasteiger charge is 2.14. The summed E-state index contributed by atoms with van der Waals surface area (Å²) in [4.78, 5) is 9.28. The summed E-state index contributed by atoms with van der Waals surface area (Å²) in [6.45, 7) is 3.96. The van der Waals surface area contributed by atoms with Gasteiger partial charge in [-0.2, -0.15) is 4.68 Å². The summed E-state index contributed by atoms with van der Waals surface area (Å²) < 4.78 is 1.76. The molecule has 0 aliphatic rings. The minimum absolute atomic E-state index is 0.739. The van der Waals surface area contributed by atoms with Crippen LogP contribution in [0.1, 0.15) is 11.4 Å². The third-order valence-electron chi connectivity index (χ3n) is 3.57. The Morgan fingerprint density at radius 3 is 2.48 bits per heavy atom. The summed E-state index contributed by atoms with van der Waals surface area (Å²) in [7, 11) is 0. The number of benzene rings is 1. The molecule has 0 aliphatic heterocycles. The van der Waals surface area contributed by atoms with Crippen molar-refractivity contribution in [3.8, 4) is 5.69 Å². The zero-order valence-electron chi connectivity index (χ0n) is 11.8. The van der Waals surface area contributed by atoms with Crippen LogP contribution in [-0.4, -0.2) is 25.0 Å². The van der Waals surface area contributed by atoms with E-state index in [0.29, 0.717) is 0 Å². The highest BCUT2D eigenvalue weighted by atomic mass is 15.4. The summed E-state index contributed by atoms with van der Waals surface area (Å²) in [5.41, 5.74) is 5.18. The first-order chi connectivity index (χ1) is 10.2. The third kappa shape index (κ3) is 1.78. The van der Waals surface area contributed by atoms with Crippen LogP contribution in [-0.2, 0) is 0 Å². The molecule has 0 N–H and O–H groups in total. The summed E-state index contributed by atoms with van der Waals surface area (Å²) >= 11 is 0. The standard InChI is InChI=1S/C16H13N5/c1-10-8-9-13-11(2)18-16-15(14(13)17-10)19-20-21(16)12-6-4-3-5-7-12/h3-9H,1-2H3. The van der Waals surface area contributed by atoms with E-state index < -0.39 is 0 Å². The molecule has 21 heavy (non-hydrogen) atoms. The van der Waals surface area contributed by atoms with Crippen molar-refractivity contribution >= 4 is 22.1 Å². The molecule has 5 nitrogen and oxygen atoms in total. The Morgan fingerprint density at radius 2 is 1.67 bits per heavy atom. The fraction of sp³-hybridized carbons (Fsp3) is 0.125. The first-order valence-corrected chi connectivity index (χ1v) is 6.79. The lowest BCUT2D eigenvalue weighted by molar-refractivity contribution is 0.816. The summed E-state index contributed by atoms with van der Waals surface area (Å²) in [5.74, 6) is 0. The average Bonchev–Trinajstić information content (AvgIpc) is 2.92. The van der Waals surface area contributed by atoms with Crippen molar-refractivity contribution in [3.63, 3.8) is 0 Å². The van der Waals surface area contributed by atoms with Crippen molar-refractivity contribution in [2.24, 2.45) is 0 Å². The van der Waals surface area contributed by atoms with Crippen LogP contribution in [0.5, 0.6) is 0 Å². The van der Waals surface area contributed by atoms with Crippen LogP contribution in [0.4, 0.5) is 0 Å². The fourth-order valence-corrected chi connectivity index (χ4v) is 2.52. The summed E-state index contributed by atoms with van der Waals surface area (Å²) in [6.07, 6.45) is 0. The van der Waals surface area contributed by atoms with Gasteiger partial charge in [-0.1, -0.05) is 23.4 Å². The molecular formula is C16H13N5. The van der Waals surface area contributed by atoms with Crippen molar-refractivity contribution in [2.75, 3.05) is 0 Å². The number of aryl methyl sites for hydroxylation is 2. The molecule has 4 aromatic rings. The molecule has 0 unspecified atom stereocenters. The van der Waals surface area contributed by atoms with E-state index in [1.807, 2.05) is 56.3 Å². The Hall–Kier alpha value is -2.82. The Kier molecular flexibility index (Phi) is 2.47. The van der Waals surface area contributed by atoms with Gasteiger partial charge in [-0.15, -0.1) is 5.10 Å². The number of pyridine rings is 2. The molecule has 0 aliphatic carbocycles. The summed E-state index contributed by atoms with van der Waals surface area (Å²) in [6, 6.07) is 13.9. The van der Waals surface area contributed by atoms with E-state index in [0.717, 1.165) is 39.1 Å². The average molecular weight is 275 g/mol. The number of fused-ring (bicyclic) bond motifs is 3. The molecule has 0 saturated carbocycles. The lowest BCUT2D eigenvalue weighted by atomic mass is 10.2. The predicted octanol–water partition coefficient (Wildman–Crippen LogP) is 2.98. The number of rotatable bonds is 1. The predicted molar refractivity (Wildman–Crippen MR) is 81.4 cm³/mol. The SMILES string of the molecule is Cc1ccc2c(C)nc3c(nnn3-c3ccccc3)c2n1. The minimum Gasteiger partial charge on any atom is -0.251 e. The van der Waals surface area contributed by atoms with Gasteiger partial charge in [-0.3, -0.25) is 4.98 Å². The molecule has 3 aromatic heterocycles. The van der Waals surface area contributed by atoms with Gasteiger partial charge >= 0.3 is 0 Å². The first kappa shape index (κ1) is 12.0. The van der Waals surface area contributed by atoms with E-state index in [4.69, 9.17) is 0 Å². The second-order valence-electron chi connectivity index (χ2n) is 5.06. The fourth-order valence-electron chi connectivity index (χ4n) is 2.52. The number of hydrogen-bond donors (Lipinski definition) is 0. The van der Waals surface area contributed by atoms with Crippen molar-refractivity contribution in [1.29, 1.82) is 0 Å². The van der Waals surface area contributed by atoms with Gasteiger partial charge in [0, 0.05) is 16.8 Å². The van der Waals surface area contributed by atoms with E-state index >= 15 is 0 Å². The lowest BCUT2D eigenvalue weighted by Crippen LogP contribution is -1.99. The Morgan fingerprint density at radius 1 is 0.857 bits per heavy atom. The molecule has 0 radical (unpaired) electrons. The van der Waals surface area contributed by atoms with Gasteiger partial charge < -0.3 is 0 Å². The van der Waals surface area contributed by atoms with Crippen LogP contribution < -0.4 is 0 Å². The maximum Gasteiger partial charge on any atom is 0.186 e. The van der Waals surface area contributed by atoms with E-state index in [9.17, 15) is 0 Å². The van der Waals surface area contributed by atoms with Crippen LogP contribution in [0.15, 0.2) is 42.5 Å². The molecule has 0 saturated heterocycles. The third-order valence-corrected chi connectivity index (χ3v) is 3.57. The second-order valence-corrected chi connectivity index (χ2v) is 5.06. The number of para-hydroxylation sites is 1. The largest absolute Gasteiger partial charge is 0.251 e. The first-order valence-electron chi connectivity index (χ1n) is 6.79. The zero-order chi connectivity index (χ0) is 14.4. The lowest BCUT2D eigenvalue weighted by Gasteiger charge is -2.05. The van der Waals surface area contributed by atoms with Crippen LogP contribution in [0, 0.1) is 13.8 Å². The molecule has 0 atom stereocenters. The normalized spacial score (nSPS) is 11.3. The molecule has 0 bridgehead atoms. The highest BCUT2D eigenvalue weighted by Crippen LogP contribution is 2.24. The molecule has 1 aromatic carbocycles. The molecule has 0 spiro atoms. The molecule has 0 amide bonds. The number of hydrogen-bond acceptors (Lipinski definition) is 4. The van der Waals surface area contributed by atoms with Gasteiger partial charge in [0.05, 0.1) is 5.69 Å². The van der Waals surface area contributed by atoms with Crippen LogP contribution in [0.3, 0.4) is 0 Å². The van der Waals surface area contributed by atoms with Crippen molar-refractivity contribution in [1.82, 2.24) is 25.0 Å². The highest BCUT2D eigenvalue weighted by molar-refractivity contribution is 6.00. The molecular weight excluding hydrogens is 262 g/mol. The maximum absolute atomic E-state index is 4.67. The van der Waals surface area contributed by atoms with Gasteiger partial charge in [-0.05, 0) is 38.1 Å². The maximum atomic E-state index is 4.67. The number of nitrogens with zero attached hydrogens (tertiary/aromatic N) is 5. The topological polar surface area (TPSA) is 56.5 Å². The van der Waals surface area contributed by atoms with E-state index in [1.54, 1.807) is 4.68 Å². The second kappa shape index (κ2) is 4.34. The Balaban J connectivity index is 2.12. The van der Waals surface area contributed by atoms with E-state index in [2.05, 4.69) is 20.3 Å². The number of aromatic nitrogens is 5. The van der Waals surface area contributed by atoms with Gasteiger partial charge in [-0.25, -0.2) is 4.98 Å². The van der Waals surface area contributed by atoms with Crippen molar-refractivity contribution in [2.45, 2.75) is 13.8 Å². The quantitative estimate of drug-likeness (QED) is 0.536. The Labute approximate surface area is 121 Å². The summed E-state index contributed by atoms with van der Waals surface area (Å²) in [5, 5.41) is 9.57. The minimum atomic E-state index is 0.739. The molecule has 102 valence electrons. The molecule has 4 rings (SSSR count). The van der Waals surface area contributed by atoms with Crippen molar-refractivity contribution in [3.05, 3.63) is 53.9 Å². The molecule has 3 heterocycles. The van der Waals surface area contributed by atoms with E-state index in [1.165, 1.54) is 0 Å². The van der Waals surface area contributed by atoms with Crippen molar-refractivity contribution < 1.29 is 0 Å². The smallest absolute Gasteiger partial charge is 0.186 e. The van der Waals surface area contributed by atoms with Gasteiger partial charge in [0.2, 0.25) is 0 Å². The molecule has 5 heteroatoms. The van der Waals surface area contributed by atoms with Crippen LogP contribution in [0.25, 0.3) is 27.8 Å². The molecule has 0 fully saturated rings. The monoisotopic (exact) mass is 275 g/mol. The van der Waals surface area contributed by atoms with Crippen LogP contribution in [0.2, 0.25) is 0 Å². The van der Waals surface area contributed by atoms with E-state index in [-0.39, 0.29) is 0 Å². The Bertz CT molecular complexity index is 957. The van der Waals surface area contributed by atoms with Gasteiger partial charge in [0.15, 0.2) is 11.2 Å². The zero-order valence-corrected chi connectivity index (χ0v) is 11.8. The van der Waals surface area contributed by atoms with Gasteiger partial charge in [0.25, 0.3) is 0 Å². The van der Waals surface area contributed by atoms with Gasteiger partial charge in [0.1, 0.15) is 5.52 Å².